The monoisotopic (exact) mass is 406 g/mol. The number of nitrogens with one attached hydrogen (secondary N) is 1. The second-order valence-corrected chi connectivity index (χ2v) is 10.2. The number of aryl methyl sites for hydroxylation is 1. The van der Waals surface area contributed by atoms with Gasteiger partial charge in [-0.3, -0.25) is 4.79 Å². The van der Waals surface area contributed by atoms with Crippen molar-refractivity contribution in [3.05, 3.63) is 29.8 Å². The van der Waals surface area contributed by atoms with Gasteiger partial charge >= 0.3 is 0 Å². The fourth-order valence-corrected chi connectivity index (χ4v) is 6.38. The minimum atomic E-state index is -3.47. The van der Waals surface area contributed by atoms with Crippen molar-refractivity contribution in [2.45, 2.75) is 82.1 Å². The van der Waals surface area contributed by atoms with Crippen LogP contribution in [0, 0.1) is 12.8 Å². The lowest BCUT2D eigenvalue weighted by Gasteiger charge is -2.25. The molecule has 1 atom stereocenters. The summed E-state index contributed by atoms with van der Waals surface area (Å²) < 4.78 is 27.7. The third kappa shape index (κ3) is 5.35. The standard InChI is InChI=1S/C22H34N2O3S/c1-18-9-7-13-21(17-18)28(26,27)24-16-8-12-20(24)14-15-23-22(25)19-10-5-3-2-4-6-11-19/h7,9,13,17,19-20H,2-6,8,10-12,14-16H2,1H3,(H,23,25). The minimum absolute atomic E-state index is 0.0249. The minimum Gasteiger partial charge on any atom is -0.356 e. The van der Waals surface area contributed by atoms with Gasteiger partial charge in [-0.1, -0.05) is 44.2 Å². The van der Waals surface area contributed by atoms with Crippen molar-refractivity contribution in [3.63, 3.8) is 0 Å². The Morgan fingerprint density at radius 3 is 2.50 bits per heavy atom. The molecule has 5 nitrogen and oxygen atoms in total. The molecule has 0 aromatic heterocycles. The molecule has 1 unspecified atom stereocenters. The van der Waals surface area contributed by atoms with E-state index >= 15 is 0 Å². The summed E-state index contributed by atoms with van der Waals surface area (Å²) in [4.78, 5) is 12.9. The number of carbonyl (C=O) groups excluding carboxylic acids is 1. The zero-order valence-electron chi connectivity index (χ0n) is 17.0. The summed E-state index contributed by atoms with van der Waals surface area (Å²) in [6, 6.07) is 7.09. The number of amides is 1. The Labute approximate surface area is 169 Å². The van der Waals surface area contributed by atoms with Crippen LogP contribution in [0.1, 0.15) is 69.8 Å². The average molecular weight is 407 g/mol. The van der Waals surface area contributed by atoms with Crippen LogP contribution in [-0.2, 0) is 14.8 Å². The lowest BCUT2D eigenvalue weighted by atomic mass is 9.90. The van der Waals surface area contributed by atoms with Gasteiger partial charge in [0.15, 0.2) is 0 Å². The predicted octanol–water partition coefficient (Wildman–Crippen LogP) is 4.01. The van der Waals surface area contributed by atoms with Crippen LogP contribution in [0.4, 0.5) is 0 Å². The van der Waals surface area contributed by atoms with E-state index in [4.69, 9.17) is 0 Å². The van der Waals surface area contributed by atoms with E-state index in [0.717, 1.165) is 44.1 Å². The normalized spacial score (nSPS) is 22.5. The molecule has 1 aromatic carbocycles. The van der Waals surface area contributed by atoms with Crippen LogP contribution in [-0.4, -0.2) is 37.8 Å². The number of carbonyl (C=O) groups is 1. The molecular weight excluding hydrogens is 372 g/mol. The maximum absolute atomic E-state index is 13.1. The molecule has 28 heavy (non-hydrogen) atoms. The quantitative estimate of drug-likeness (QED) is 0.776. The molecule has 1 N–H and O–H groups in total. The first-order chi connectivity index (χ1) is 13.5. The van der Waals surface area contributed by atoms with Crippen molar-refractivity contribution < 1.29 is 13.2 Å². The summed E-state index contributed by atoms with van der Waals surface area (Å²) in [6.45, 7) is 3.03. The number of benzene rings is 1. The van der Waals surface area contributed by atoms with Gasteiger partial charge < -0.3 is 5.32 Å². The van der Waals surface area contributed by atoms with Gasteiger partial charge in [-0.2, -0.15) is 4.31 Å². The smallest absolute Gasteiger partial charge is 0.243 e. The lowest BCUT2D eigenvalue weighted by Crippen LogP contribution is -2.39. The number of nitrogens with zero attached hydrogens (tertiary/aromatic N) is 1. The molecule has 1 aromatic rings. The molecule has 1 saturated heterocycles. The van der Waals surface area contributed by atoms with Gasteiger partial charge in [-0.05, 0) is 56.7 Å². The Bertz CT molecular complexity index is 755. The predicted molar refractivity (Wildman–Crippen MR) is 112 cm³/mol. The Balaban J connectivity index is 1.54. The van der Waals surface area contributed by atoms with Gasteiger partial charge in [-0.25, -0.2) is 8.42 Å². The average Bonchev–Trinajstić information content (AvgIpc) is 3.10. The topological polar surface area (TPSA) is 66.5 Å². The molecule has 1 amide bonds. The summed E-state index contributed by atoms with van der Waals surface area (Å²) in [5, 5.41) is 3.09. The van der Waals surface area contributed by atoms with Crippen LogP contribution in [0.3, 0.4) is 0 Å². The fraction of sp³-hybridized carbons (Fsp3) is 0.682. The summed E-state index contributed by atoms with van der Waals surface area (Å²) in [7, 11) is -3.47. The fourth-order valence-electron chi connectivity index (χ4n) is 4.55. The Kier molecular flexibility index (Phi) is 7.52. The maximum Gasteiger partial charge on any atom is 0.243 e. The Morgan fingerprint density at radius 2 is 1.79 bits per heavy atom. The summed E-state index contributed by atoms with van der Waals surface area (Å²) in [5.41, 5.74) is 0.947. The van der Waals surface area contributed by atoms with Gasteiger partial charge in [0.2, 0.25) is 15.9 Å². The van der Waals surface area contributed by atoms with Gasteiger partial charge in [0.1, 0.15) is 0 Å². The maximum atomic E-state index is 13.1. The molecule has 0 bridgehead atoms. The molecule has 1 saturated carbocycles. The summed E-state index contributed by atoms with van der Waals surface area (Å²) in [5.74, 6) is 0.295. The van der Waals surface area contributed by atoms with Gasteiger partial charge in [0, 0.05) is 25.0 Å². The molecule has 2 aliphatic rings. The molecule has 1 heterocycles. The van der Waals surface area contributed by atoms with Crippen LogP contribution in [0.25, 0.3) is 0 Å². The van der Waals surface area contributed by atoms with Gasteiger partial charge in [0.05, 0.1) is 4.90 Å². The molecule has 3 rings (SSSR count). The number of hydrogen-bond acceptors (Lipinski definition) is 3. The highest BCUT2D eigenvalue weighted by Gasteiger charge is 2.35. The number of rotatable bonds is 6. The van der Waals surface area contributed by atoms with Crippen molar-refractivity contribution in [2.24, 2.45) is 5.92 Å². The van der Waals surface area contributed by atoms with Crippen molar-refractivity contribution in [3.8, 4) is 0 Å². The van der Waals surface area contributed by atoms with Crippen molar-refractivity contribution in [1.82, 2.24) is 9.62 Å². The second-order valence-electron chi connectivity index (χ2n) is 8.35. The van der Waals surface area contributed by atoms with E-state index in [1.807, 2.05) is 13.0 Å². The summed E-state index contributed by atoms with van der Waals surface area (Å²) in [6.07, 6.45) is 10.5. The Hall–Kier alpha value is -1.40. The third-order valence-electron chi connectivity index (χ3n) is 6.17. The molecular formula is C22H34N2O3S. The Morgan fingerprint density at radius 1 is 1.07 bits per heavy atom. The molecule has 1 aliphatic carbocycles. The number of hydrogen-bond donors (Lipinski definition) is 1. The van der Waals surface area contributed by atoms with Crippen molar-refractivity contribution >= 4 is 15.9 Å². The van der Waals surface area contributed by atoms with E-state index in [2.05, 4.69) is 5.32 Å². The highest BCUT2D eigenvalue weighted by molar-refractivity contribution is 7.89. The van der Waals surface area contributed by atoms with E-state index in [-0.39, 0.29) is 17.9 Å². The summed E-state index contributed by atoms with van der Waals surface area (Å²) >= 11 is 0. The van der Waals surface area contributed by atoms with E-state index < -0.39 is 10.0 Å². The van der Waals surface area contributed by atoms with Crippen LogP contribution in [0.15, 0.2) is 29.2 Å². The molecule has 2 fully saturated rings. The van der Waals surface area contributed by atoms with Gasteiger partial charge in [-0.15, -0.1) is 0 Å². The highest BCUT2D eigenvalue weighted by Crippen LogP contribution is 2.28. The van der Waals surface area contributed by atoms with Crippen LogP contribution in [0.2, 0.25) is 0 Å². The molecule has 0 spiro atoms. The van der Waals surface area contributed by atoms with Crippen molar-refractivity contribution in [2.75, 3.05) is 13.1 Å². The van der Waals surface area contributed by atoms with Crippen molar-refractivity contribution in [1.29, 1.82) is 0 Å². The van der Waals surface area contributed by atoms with E-state index in [1.54, 1.807) is 22.5 Å². The zero-order valence-corrected chi connectivity index (χ0v) is 17.8. The third-order valence-corrected chi connectivity index (χ3v) is 8.12. The first-order valence-electron chi connectivity index (χ1n) is 10.8. The van der Waals surface area contributed by atoms with Crippen LogP contribution >= 0.6 is 0 Å². The first kappa shape index (κ1) is 21.3. The largest absolute Gasteiger partial charge is 0.356 e. The molecule has 156 valence electrons. The van der Waals surface area contributed by atoms with E-state index in [1.165, 1.54) is 19.3 Å². The van der Waals surface area contributed by atoms with Crippen LogP contribution in [0.5, 0.6) is 0 Å². The second kappa shape index (κ2) is 9.88. The van der Waals surface area contributed by atoms with E-state index in [0.29, 0.717) is 24.4 Å². The lowest BCUT2D eigenvalue weighted by molar-refractivity contribution is -0.125. The van der Waals surface area contributed by atoms with E-state index in [9.17, 15) is 13.2 Å². The first-order valence-corrected chi connectivity index (χ1v) is 12.3. The molecule has 6 heteroatoms. The molecule has 0 radical (unpaired) electrons. The number of sulfonamides is 1. The van der Waals surface area contributed by atoms with Gasteiger partial charge in [0.25, 0.3) is 0 Å². The molecule has 1 aliphatic heterocycles. The highest BCUT2D eigenvalue weighted by atomic mass is 32.2. The SMILES string of the molecule is Cc1cccc(S(=O)(=O)N2CCCC2CCNC(=O)C2CCCCCCC2)c1. The van der Waals surface area contributed by atoms with Crippen LogP contribution < -0.4 is 5.32 Å². The zero-order chi connectivity index (χ0) is 20.0.